The van der Waals surface area contributed by atoms with Crippen LogP contribution in [0.15, 0.2) is 12.1 Å². The average molecular weight is 293 g/mol. The summed E-state index contributed by atoms with van der Waals surface area (Å²) in [6.07, 6.45) is 2.30. The molecule has 2 atom stereocenters. The molecule has 2 unspecified atom stereocenters. The molecule has 1 fully saturated rings. The maximum absolute atomic E-state index is 14.2. The second kappa shape index (κ2) is 5.64. The Morgan fingerprint density at radius 1 is 1.48 bits per heavy atom. The SMILES string of the molecule is CCC(O)c1cc(F)c2c(c1)C(NC(=O)C1CC1)CCO2. The minimum Gasteiger partial charge on any atom is -0.490 e. The summed E-state index contributed by atoms with van der Waals surface area (Å²) in [7, 11) is 0. The second-order valence-electron chi connectivity index (χ2n) is 5.82. The summed E-state index contributed by atoms with van der Waals surface area (Å²) in [6.45, 7) is 2.22. The molecule has 21 heavy (non-hydrogen) atoms. The van der Waals surface area contributed by atoms with Gasteiger partial charge >= 0.3 is 0 Å². The molecule has 1 aliphatic heterocycles. The van der Waals surface area contributed by atoms with Gasteiger partial charge in [0.05, 0.1) is 18.8 Å². The number of amides is 1. The van der Waals surface area contributed by atoms with Crippen LogP contribution in [0.4, 0.5) is 4.39 Å². The first-order chi connectivity index (χ1) is 10.1. The van der Waals surface area contributed by atoms with E-state index in [9.17, 15) is 14.3 Å². The number of aliphatic hydroxyl groups excluding tert-OH is 1. The molecule has 1 aliphatic carbocycles. The number of nitrogens with one attached hydrogen (secondary N) is 1. The van der Waals surface area contributed by atoms with E-state index in [1.807, 2.05) is 6.92 Å². The Bertz CT molecular complexity index is 557. The maximum atomic E-state index is 14.2. The van der Waals surface area contributed by atoms with Gasteiger partial charge in [-0.2, -0.15) is 0 Å². The molecule has 1 aromatic carbocycles. The zero-order valence-electron chi connectivity index (χ0n) is 12.1. The fraction of sp³-hybridized carbons (Fsp3) is 0.562. The predicted molar refractivity (Wildman–Crippen MR) is 75.4 cm³/mol. The number of halogens is 1. The standard InChI is InChI=1S/C16H20FNO3/c1-2-14(19)10-7-11-13(18-16(20)9-3-4-9)5-6-21-15(11)12(17)8-10/h7-9,13-14,19H,2-6H2,1H3,(H,18,20). The Morgan fingerprint density at radius 2 is 2.24 bits per heavy atom. The number of aliphatic hydroxyl groups is 1. The molecule has 0 radical (unpaired) electrons. The van der Waals surface area contributed by atoms with Gasteiger partial charge < -0.3 is 15.2 Å². The van der Waals surface area contributed by atoms with E-state index in [0.29, 0.717) is 30.6 Å². The third-order valence-corrected chi connectivity index (χ3v) is 4.16. The highest BCUT2D eigenvalue weighted by Crippen LogP contribution is 2.38. The smallest absolute Gasteiger partial charge is 0.223 e. The van der Waals surface area contributed by atoms with E-state index >= 15 is 0 Å². The lowest BCUT2D eigenvalue weighted by atomic mass is 9.95. The highest BCUT2D eigenvalue weighted by molar-refractivity contribution is 5.81. The highest BCUT2D eigenvalue weighted by atomic mass is 19.1. The van der Waals surface area contributed by atoms with Crippen LogP contribution < -0.4 is 10.1 Å². The van der Waals surface area contributed by atoms with E-state index in [4.69, 9.17) is 4.74 Å². The van der Waals surface area contributed by atoms with Crippen molar-refractivity contribution in [3.05, 3.63) is 29.1 Å². The van der Waals surface area contributed by atoms with Crippen molar-refractivity contribution in [2.75, 3.05) is 6.61 Å². The van der Waals surface area contributed by atoms with Crippen LogP contribution in [-0.4, -0.2) is 17.6 Å². The molecule has 0 spiro atoms. The van der Waals surface area contributed by atoms with Crippen LogP contribution in [0.5, 0.6) is 5.75 Å². The van der Waals surface area contributed by atoms with Crippen LogP contribution >= 0.6 is 0 Å². The molecule has 1 aromatic rings. The molecular formula is C16H20FNO3. The van der Waals surface area contributed by atoms with Gasteiger partial charge in [-0.3, -0.25) is 4.79 Å². The monoisotopic (exact) mass is 293 g/mol. The van der Waals surface area contributed by atoms with E-state index in [0.717, 1.165) is 12.8 Å². The van der Waals surface area contributed by atoms with Crippen LogP contribution in [0.1, 0.15) is 55.9 Å². The lowest BCUT2D eigenvalue weighted by molar-refractivity contribution is -0.123. The fourth-order valence-corrected chi connectivity index (χ4v) is 2.70. The van der Waals surface area contributed by atoms with Gasteiger partial charge in [-0.05, 0) is 37.0 Å². The zero-order valence-corrected chi connectivity index (χ0v) is 12.1. The van der Waals surface area contributed by atoms with Crippen molar-refractivity contribution in [1.29, 1.82) is 0 Å². The van der Waals surface area contributed by atoms with Gasteiger partial charge in [-0.15, -0.1) is 0 Å². The zero-order chi connectivity index (χ0) is 15.0. The Labute approximate surface area is 123 Å². The van der Waals surface area contributed by atoms with E-state index in [1.54, 1.807) is 6.07 Å². The number of carbonyl (C=O) groups excluding carboxylic acids is 1. The van der Waals surface area contributed by atoms with Gasteiger partial charge in [0.25, 0.3) is 0 Å². The molecular weight excluding hydrogens is 273 g/mol. The lowest BCUT2D eigenvalue weighted by Gasteiger charge is -2.28. The Kier molecular flexibility index (Phi) is 3.85. The van der Waals surface area contributed by atoms with E-state index in [1.165, 1.54) is 6.07 Å². The summed E-state index contributed by atoms with van der Waals surface area (Å²) >= 11 is 0. The summed E-state index contributed by atoms with van der Waals surface area (Å²) < 4.78 is 19.6. The van der Waals surface area contributed by atoms with Crippen molar-refractivity contribution in [1.82, 2.24) is 5.32 Å². The maximum Gasteiger partial charge on any atom is 0.223 e. The fourth-order valence-electron chi connectivity index (χ4n) is 2.70. The third kappa shape index (κ3) is 2.88. The quantitative estimate of drug-likeness (QED) is 0.897. The van der Waals surface area contributed by atoms with Gasteiger partial charge in [0, 0.05) is 17.9 Å². The molecule has 0 saturated heterocycles. The van der Waals surface area contributed by atoms with Crippen LogP contribution in [-0.2, 0) is 4.79 Å². The topological polar surface area (TPSA) is 58.6 Å². The van der Waals surface area contributed by atoms with E-state index < -0.39 is 11.9 Å². The molecule has 5 heteroatoms. The highest BCUT2D eigenvalue weighted by Gasteiger charge is 2.33. The molecule has 1 amide bonds. The number of fused-ring (bicyclic) bond motifs is 1. The van der Waals surface area contributed by atoms with Crippen molar-refractivity contribution >= 4 is 5.91 Å². The van der Waals surface area contributed by atoms with Crippen molar-refractivity contribution in [3.63, 3.8) is 0 Å². The number of hydrogen-bond acceptors (Lipinski definition) is 3. The Balaban J connectivity index is 1.90. The largest absolute Gasteiger partial charge is 0.490 e. The number of carbonyl (C=O) groups is 1. The van der Waals surface area contributed by atoms with Crippen molar-refractivity contribution < 1.29 is 19.0 Å². The molecule has 1 saturated carbocycles. The van der Waals surface area contributed by atoms with Crippen molar-refractivity contribution in [3.8, 4) is 5.75 Å². The minimum absolute atomic E-state index is 0.0368. The summed E-state index contributed by atoms with van der Waals surface area (Å²) in [5, 5.41) is 12.9. The minimum atomic E-state index is -0.702. The first-order valence-corrected chi connectivity index (χ1v) is 7.54. The molecule has 0 aromatic heterocycles. The summed E-state index contributed by atoms with van der Waals surface area (Å²) in [5.41, 5.74) is 1.17. The summed E-state index contributed by atoms with van der Waals surface area (Å²) in [5.74, 6) is -0.116. The predicted octanol–water partition coefficient (Wildman–Crippen LogP) is 2.62. The lowest BCUT2D eigenvalue weighted by Crippen LogP contribution is -2.33. The third-order valence-electron chi connectivity index (χ3n) is 4.16. The van der Waals surface area contributed by atoms with E-state index in [2.05, 4.69) is 5.32 Å². The van der Waals surface area contributed by atoms with Gasteiger partial charge in [-0.25, -0.2) is 4.39 Å². The molecule has 2 N–H and O–H groups in total. The number of rotatable bonds is 4. The van der Waals surface area contributed by atoms with Gasteiger partial charge in [0.1, 0.15) is 0 Å². The van der Waals surface area contributed by atoms with Gasteiger partial charge in [0.2, 0.25) is 5.91 Å². The molecule has 3 rings (SSSR count). The van der Waals surface area contributed by atoms with Gasteiger partial charge in [0.15, 0.2) is 11.6 Å². The number of benzene rings is 1. The molecule has 114 valence electrons. The van der Waals surface area contributed by atoms with Crippen LogP contribution in [0, 0.1) is 11.7 Å². The Morgan fingerprint density at radius 3 is 2.90 bits per heavy atom. The molecule has 1 heterocycles. The normalized spacial score (nSPS) is 22.1. The Hall–Kier alpha value is -1.62. The van der Waals surface area contributed by atoms with Gasteiger partial charge in [-0.1, -0.05) is 6.92 Å². The molecule has 0 bridgehead atoms. The summed E-state index contributed by atoms with van der Waals surface area (Å²) in [6, 6.07) is 2.84. The van der Waals surface area contributed by atoms with E-state index in [-0.39, 0.29) is 23.6 Å². The molecule has 4 nitrogen and oxygen atoms in total. The van der Waals surface area contributed by atoms with Crippen LogP contribution in [0.2, 0.25) is 0 Å². The average Bonchev–Trinajstić information content (AvgIpc) is 3.31. The first kappa shape index (κ1) is 14.3. The second-order valence-corrected chi connectivity index (χ2v) is 5.82. The number of hydrogen-bond donors (Lipinski definition) is 2. The summed E-state index contributed by atoms with van der Waals surface area (Å²) in [4.78, 5) is 11.9. The number of ether oxygens (including phenoxy) is 1. The van der Waals surface area contributed by atoms with Crippen molar-refractivity contribution in [2.24, 2.45) is 5.92 Å². The van der Waals surface area contributed by atoms with Crippen LogP contribution in [0.3, 0.4) is 0 Å². The first-order valence-electron chi connectivity index (χ1n) is 7.54. The van der Waals surface area contributed by atoms with Crippen molar-refractivity contribution in [2.45, 2.75) is 44.8 Å². The van der Waals surface area contributed by atoms with Crippen LogP contribution in [0.25, 0.3) is 0 Å². The molecule has 2 aliphatic rings.